The Balaban J connectivity index is 1.96. The lowest BCUT2D eigenvalue weighted by Gasteiger charge is -2.34. The van der Waals surface area contributed by atoms with Crippen molar-refractivity contribution >= 4 is 24.0 Å². The summed E-state index contributed by atoms with van der Waals surface area (Å²) >= 11 is 0. The minimum absolute atomic E-state index is 0.0684. The average molecular weight is 632 g/mol. The number of ether oxygens (including phenoxy) is 3. The van der Waals surface area contributed by atoms with E-state index in [2.05, 4.69) is 34.8 Å². The van der Waals surface area contributed by atoms with E-state index in [0.717, 1.165) is 32.1 Å². The first-order valence-corrected chi connectivity index (χ1v) is 20.0. The van der Waals surface area contributed by atoms with E-state index < -0.39 is 29.5 Å². The number of pyridine rings is 1. The second kappa shape index (κ2) is 13.6. The van der Waals surface area contributed by atoms with E-state index in [1.807, 2.05) is 0 Å². The molecule has 2 heterocycles. The molecule has 236 valence electrons. The van der Waals surface area contributed by atoms with Gasteiger partial charge >= 0.3 is 0 Å². The van der Waals surface area contributed by atoms with Gasteiger partial charge in [-0.25, -0.2) is 17.7 Å². The van der Waals surface area contributed by atoms with Crippen molar-refractivity contribution in [3.63, 3.8) is 0 Å². The lowest BCUT2D eigenvalue weighted by Crippen LogP contribution is -2.48. The Labute approximate surface area is 256 Å². The first kappa shape index (κ1) is 32.7. The van der Waals surface area contributed by atoms with Gasteiger partial charge in [-0.15, -0.1) is 10.2 Å². The number of benzene rings is 1. The first-order valence-electron chi connectivity index (χ1n) is 14.8. The van der Waals surface area contributed by atoms with Gasteiger partial charge in [0.25, 0.3) is 0 Å². The van der Waals surface area contributed by atoms with E-state index in [4.69, 9.17) is 14.2 Å². The molecule has 1 aromatic carbocycles. The van der Waals surface area contributed by atoms with E-state index in [-0.39, 0.29) is 24.2 Å². The molecule has 2 aromatic heterocycles. The van der Waals surface area contributed by atoms with Gasteiger partial charge in [0.15, 0.2) is 5.82 Å². The van der Waals surface area contributed by atoms with Crippen LogP contribution in [0.25, 0.3) is 17.2 Å². The van der Waals surface area contributed by atoms with Crippen LogP contribution in [0.4, 0.5) is 5.95 Å². The average Bonchev–Trinajstić information content (AvgIpc) is 3.43. The van der Waals surface area contributed by atoms with Crippen molar-refractivity contribution in [1.82, 2.24) is 19.7 Å². The Morgan fingerprint density at radius 2 is 1.60 bits per heavy atom. The Kier molecular flexibility index (Phi) is 10.4. The van der Waals surface area contributed by atoms with Gasteiger partial charge in [-0.1, -0.05) is 51.0 Å². The molecule has 1 N–H and O–H groups in total. The number of methoxy groups -OCH3 is 3. The molecule has 1 aliphatic rings. The zero-order valence-electron chi connectivity index (χ0n) is 26.3. The summed E-state index contributed by atoms with van der Waals surface area (Å²) in [5, 5.41) is 19.3. The van der Waals surface area contributed by atoms with Gasteiger partial charge in [0.05, 0.1) is 27.4 Å². The summed E-state index contributed by atoms with van der Waals surface area (Å²) in [7, 11) is -1.26. The summed E-state index contributed by atoms with van der Waals surface area (Å²) in [6, 6.07) is 11.2. The highest BCUT2D eigenvalue weighted by atomic mass is 32.2. The van der Waals surface area contributed by atoms with Gasteiger partial charge in [-0.3, -0.25) is 4.57 Å². The number of rotatable bonds is 13. The van der Waals surface area contributed by atoms with Gasteiger partial charge in [0, 0.05) is 20.7 Å². The van der Waals surface area contributed by atoms with Crippen LogP contribution in [0, 0.1) is 5.92 Å². The molecular weight excluding hydrogens is 587 g/mol. The van der Waals surface area contributed by atoms with Gasteiger partial charge < -0.3 is 19.3 Å². The number of nitrogens with zero attached hydrogens (tertiary/aromatic N) is 5. The number of sulfonamides is 1. The summed E-state index contributed by atoms with van der Waals surface area (Å²) in [6.45, 7) is 8.36. The van der Waals surface area contributed by atoms with Crippen molar-refractivity contribution in [3.8, 4) is 34.6 Å². The molecule has 43 heavy (non-hydrogen) atoms. The van der Waals surface area contributed by atoms with Crippen LogP contribution < -0.4 is 18.5 Å². The summed E-state index contributed by atoms with van der Waals surface area (Å²) in [5.74, 6) is 1.52. The van der Waals surface area contributed by atoms with E-state index >= 15 is 0 Å². The predicted octanol–water partition coefficient (Wildman–Crippen LogP) is 5.16. The molecule has 0 aliphatic heterocycles. The second-order valence-electron chi connectivity index (χ2n) is 12.3. The van der Waals surface area contributed by atoms with E-state index in [1.165, 1.54) is 25.6 Å². The fourth-order valence-electron chi connectivity index (χ4n) is 5.53. The van der Waals surface area contributed by atoms with Crippen LogP contribution in [0.3, 0.4) is 0 Å². The van der Waals surface area contributed by atoms with Crippen molar-refractivity contribution in [2.45, 2.75) is 76.1 Å². The molecule has 13 heteroatoms. The normalized spacial score (nSPS) is 16.0. The van der Waals surface area contributed by atoms with Crippen LogP contribution in [-0.2, 0) is 10.0 Å². The molecule has 3 aromatic rings. The molecule has 0 saturated heterocycles. The molecule has 0 spiro atoms. The highest BCUT2D eigenvalue weighted by Crippen LogP contribution is 2.40. The topological polar surface area (TPSA) is 129 Å². The highest BCUT2D eigenvalue weighted by Gasteiger charge is 2.41. The number of anilines is 1. The van der Waals surface area contributed by atoms with Crippen molar-refractivity contribution in [3.05, 3.63) is 36.4 Å². The third-order valence-corrected chi connectivity index (χ3v) is 12.0. The SMILES string of the molecule is COc1cccc(-c2nnc(N(CC[Si](C)(C)C)S(=O)(=O)[C@H](C)[C@H](O)C3CCCCC3)n2-c2c(OC)cccc2OC)n1. The third-order valence-electron chi connectivity index (χ3n) is 8.11. The van der Waals surface area contributed by atoms with Crippen molar-refractivity contribution < 1.29 is 27.7 Å². The van der Waals surface area contributed by atoms with E-state index in [0.29, 0.717) is 34.8 Å². The summed E-state index contributed by atoms with van der Waals surface area (Å²) in [5.41, 5.74) is 0.852. The van der Waals surface area contributed by atoms with Gasteiger partial charge in [0.2, 0.25) is 21.9 Å². The highest BCUT2D eigenvalue weighted by molar-refractivity contribution is 7.93. The minimum atomic E-state index is -4.12. The zero-order chi connectivity index (χ0) is 31.4. The number of aromatic nitrogens is 4. The standard InChI is InChI=1S/C30H45N5O6SSi/c1-21(28(36)22-13-9-8-10-14-22)42(37,38)34(19-20-43(5,6)7)30-33-32-29(23-15-11-18-26(31-23)41-4)35(30)27-24(39-2)16-12-17-25(27)40-3/h11-12,15-18,21-22,28,36H,8-10,13-14,19-20H2,1-7H3/t21-,28+/m1/s1. The molecule has 1 saturated carbocycles. The van der Waals surface area contributed by atoms with Crippen molar-refractivity contribution in [1.29, 1.82) is 0 Å². The Hall–Kier alpha value is -3.16. The Bertz CT molecular complexity index is 1460. The van der Waals surface area contributed by atoms with Gasteiger partial charge in [-0.2, -0.15) is 0 Å². The maximum Gasteiger partial charge on any atom is 0.246 e. The molecule has 2 atom stereocenters. The molecule has 4 rings (SSSR count). The van der Waals surface area contributed by atoms with Crippen LogP contribution in [0.5, 0.6) is 17.4 Å². The van der Waals surface area contributed by atoms with E-state index in [1.54, 1.807) is 47.9 Å². The fourth-order valence-corrected chi connectivity index (χ4v) is 8.25. The lowest BCUT2D eigenvalue weighted by molar-refractivity contribution is 0.0839. The number of hydrogen-bond acceptors (Lipinski definition) is 9. The molecule has 0 bridgehead atoms. The van der Waals surface area contributed by atoms with Crippen LogP contribution in [0.1, 0.15) is 39.0 Å². The minimum Gasteiger partial charge on any atom is -0.494 e. The van der Waals surface area contributed by atoms with Crippen LogP contribution in [0.15, 0.2) is 36.4 Å². The van der Waals surface area contributed by atoms with Gasteiger partial charge in [0.1, 0.15) is 28.1 Å². The van der Waals surface area contributed by atoms with Gasteiger partial charge in [-0.05, 0) is 49.9 Å². The van der Waals surface area contributed by atoms with Crippen LogP contribution >= 0.6 is 0 Å². The third kappa shape index (κ3) is 7.15. The number of aliphatic hydroxyl groups is 1. The fraction of sp³-hybridized carbons (Fsp3) is 0.567. The van der Waals surface area contributed by atoms with Crippen LogP contribution in [-0.4, -0.2) is 80.6 Å². The zero-order valence-corrected chi connectivity index (χ0v) is 28.1. The smallest absolute Gasteiger partial charge is 0.246 e. The molecule has 1 aliphatic carbocycles. The molecule has 0 radical (unpaired) electrons. The Morgan fingerprint density at radius 3 is 2.19 bits per heavy atom. The van der Waals surface area contributed by atoms with Crippen LogP contribution in [0.2, 0.25) is 25.7 Å². The monoisotopic (exact) mass is 631 g/mol. The van der Waals surface area contributed by atoms with Crippen molar-refractivity contribution in [2.24, 2.45) is 5.92 Å². The molecule has 0 amide bonds. The maximum atomic E-state index is 14.6. The van der Waals surface area contributed by atoms with E-state index in [9.17, 15) is 13.5 Å². The molecule has 0 unspecified atom stereocenters. The summed E-state index contributed by atoms with van der Waals surface area (Å²) < 4.78 is 48.9. The largest absolute Gasteiger partial charge is 0.494 e. The predicted molar refractivity (Wildman–Crippen MR) is 171 cm³/mol. The molecule has 1 fully saturated rings. The van der Waals surface area contributed by atoms with Crippen molar-refractivity contribution in [2.75, 3.05) is 32.2 Å². The number of para-hydroxylation sites is 1. The first-order chi connectivity index (χ1) is 20.4. The second-order valence-corrected chi connectivity index (χ2v) is 20.1. The number of aliphatic hydroxyl groups excluding tert-OH is 1. The lowest BCUT2D eigenvalue weighted by atomic mass is 9.84. The summed E-state index contributed by atoms with van der Waals surface area (Å²) in [6.07, 6.45) is 3.72. The Morgan fingerprint density at radius 1 is 0.977 bits per heavy atom. The summed E-state index contributed by atoms with van der Waals surface area (Å²) in [4.78, 5) is 4.57. The molecule has 11 nitrogen and oxygen atoms in total. The maximum absolute atomic E-state index is 14.6. The molecular formula is C30H45N5O6SSi. The number of hydrogen-bond donors (Lipinski definition) is 1. The quantitative estimate of drug-likeness (QED) is 0.254.